The molecule has 0 spiro atoms. The molecular weight excluding hydrogens is 371 g/mol. The molecule has 1 aliphatic heterocycles. The van der Waals surface area contributed by atoms with E-state index < -0.39 is 11.6 Å². The molecule has 6 heteroatoms. The highest BCUT2D eigenvalue weighted by atomic mass is 19.1. The molecule has 0 aliphatic carbocycles. The van der Waals surface area contributed by atoms with Crippen molar-refractivity contribution in [2.75, 3.05) is 16.8 Å². The van der Waals surface area contributed by atoms with E-state index in [-0.39, 0.29) is 24.2 Å². The first-order valence-electron chi connectivity index (χ1n) is 10.0. The molecule has 5 nitrogen and oxygen atoms in total. The Morgan fingerprint density at radius 1 is 1.28 bits per heavy atom. The number of carbonyl (C=O) groups is 1. The number of carboxylic acid groups (broad SMARTS) is 1. The lowest BCUT2D eigenvalue weighted by atomic mass is 9.94. The summed E-state index contributed by atoms with van der Waals surface area (Å²) in [5.41, 5.74) is 2.58. The van der Waals surface area contributed by atoms with Gasteiger partial charge in [-0.1, -0.05) is 13.0 Å². The van der Waals surface area contributed by atoms with Crippen LogP contribution in [0, 0.1) is 5.82 Å². The minimum absolute atomic E-state index is 0.0152. The van der Waals surface area contributed by atoms with Crippen molar-refractivity contribution in [3.8, 4) is 0 Å². The smallest absolute Gasteiger partial charge is 0.303 e. The summed E-state index contributed by atoms with van der Waals surface area (Å²) >= 11 is 0. The van der Waals surface area contributed by atoms with Crippen LogP contribution in [-0.4, -0.2) is 34.4 Å². The first-order valence-corrected chi connectivity index (χ1v) is 10.0. The third-order valence-electron chi connectivity index (χ3n) is 5.57. The van der Waals surface area contributed by atoms with Crippen LogP contribution in [0.4, 0.5) is 21.5 Å². The third kappa shape index (κ3) is 5.07. The number of hydrogen-bond donors (Lipinski definition) is 3. The monoisotopic (exact) mass is 400 g/mol. The third-order valence-corrected chi connectivity index (χ3v) is 5.57. The van der Waals surface area contributed by atoms with E-state index in [1.54, 1.807) is 12.1 Å². The summed E-state index contributed by atoms with van der Waals surface area (Å²) in [7, 11) is 0. The average molecular weight is 400 g/mol. The summed E-state index contributed by atoms with van der Waals surface area (Å²) in [6, 6.07) is 12.0. The van der Waals surface area contributed by atoms with Crippen molar-refractivity contribution in [1.29, 1.82) is 0 Å². The molecule has 0 saturated carbocycles. The summed E-state index contributed by atoms with van der Waals surface area (Å²) in [5, 5.41) is 23.1. The van der Waals surface area contributed by atoms with E-state index in [1.165, 1.54) is 12.1 Å². The zero-order chi connectivity index (χ0) is 21.2. The van der Waals surface area contributed by atoms with Gasteiger partial charge in [-0.3, -0.25) is 4.79 Å². The lowest BCUT2D eigenvalue weighted by Gasteiger charge is -2.36. The van der Waals surface area contributed by atoms with Crippen LogP contribution >= 0.6 is 0 Å². The van der Waals surface area contributed by atoms with Crippen molar-refractivity contribution in [1.82, 2.24) is 0 Å². The molecule has 0 aromatic heterocycles. The minimum Gasteiger partial charge on any atom is -0.481 e. The molecule has 156 valence electrons. The van der Waals surface area contributed by atoms with E-state index in [9.17, 15) is 14.3 Å². The van der Waals surface area contributed by atoms with Crippen LogP contribution in [0.25, 0.3) is 0 Å². The van der Waals surface area contributed by atoms with Crippen LogP contribution < -0.4 is 10.2 Å². The second kappa shape index (κ2) is 8.41. The van der Waals surface area contributed by atoms with Gasteiger partial charge in [0.25, 0.3) is 0 Å². The van der Waals surface area contributed by atoms with Gasteiger partial charge in [0.2, 0.25) is 0 Å². The van der Waals surface area contributed by atoms with E-state index in [4.69, 9.17) is 5.11 Å². The maximum Gasteiger partial charge on any atom is 0.303 e. The van der Waals surface area contributed by atoms with Gasteiger partial charge in [-0.2, -0.15) is 0 Å². The Morgan fingerprint density at radius 3 is 2.59 bits per heavy atom. The summed E-state index contributed by atoms with van der Waals surface area (Å²) in [4.78, 5) is 13.3. The van der Waals surface area contributed by atoms with Gasteiger partial charge >= 0.3 is 5.97 Å². The minimum atomic E-state index is -0.848. The molecule has 1 unspecified atom stereocenters. The highest BCUT2D eigenvalue weighted by Gasteiger charge is 2.37. The highest BCUT2D eigenvalue weighted by Crippen LogP contribution is 2.39. The lowest BCUT2D eigenvalue weighted by Crippen LogP contribution is -2.45. The van der Waals surface area contributed by atoms with Gasteiger partial charge in [-0.15, -0.1) is 0 Å². The number of nitrogens with one attached hydrogen (secondary N) is 1. The fraction of sp³-hybridized carbons (Fsp3) is 0.435. The maximum absolute atomic E-state index is 13.3. The van der Waals surface area contributed by atoms with Crippen molar-refractivity contribution in [2.24, 2.45) is 0 Å². The van der Waals surface area contributed by atoms with E-state index in [2.05, 4.69) is 10.2 Å². The second-order valence-electron chi connectivity index (χ2n) is 8.41. The van der Waals surface area contributed by atoms with Crippen molar-refractivity contribution >= 4 is 23.0 Å². The Bertz CT molecular complexity index is 861. The van der Waals surface area contributed by atoms with Crippen molar-refractivity contribution < 1.29 is 19.4 Å². The van der Waals surface area contributed by atoms with Crippen LogP contribution in [0.5, 0.6) is 0 Å². The van der Waals surface area contributed by atoms with E-state index in [0.717, 1.165) is 42.0 Å². The predicted molar refractivity (Wildman–Crippen MR) is 113 cm³/mol. The van der Waals surface area contributed by atoms with Crippen LogP contribution in [0.2, 0.25) is 0 Å². The molecule has 1 aliphatic rings. The molecule has 0 amide bonds. The molecular formula is C23H29FN2O3. The molecule has 0 radical (unpaired) electrons. The van der Waals surface area contributed by atoms with Crippen LogP contribution in [0.1, 0.15) is 51.5 Å². The molecule has 0 bridgehead atoms. The summed E-state index contributed by atoms with van der Waals surface area (Å²) < 4.78 is 13.3. The molecule has 3 N–H and O–H groups in total. The fourth-order valence-corrected chi connectivity index (χ4v) is 4.07. The van der Waals surface area contributed by atoms with Gasteiger partial charge in [-0.25, -0.2) is 4.39 Å². The van der Waals surface area contributed by atoms with Gasteiger partial charge in [0.1, 0.15) is 5.82 Å². The Hall–Kier alpha value is -2.60. The molecule has 2 aromatic rings. The Labute approximate surface area is 171 Å². The molecule has 2 atom stereocenters. The maximum atomic E-state index is 13.3. The first kappa shape index (κ1) is 21.1. The molecule has 3 rings (SSSR count). The van der Waals surface area contributed by atoms with Crippen molar-refractivity contribution in [2.45, 2.75) is 57.6 Å². The number of aliphatic carboxylic acids is 1. The number of halogens is 1. The summed E-state index contributed by atoms with van der Waals surface area (Å²) in [6.07, 6.45) is 1.93. The number of nitrogens with zero attached hydrogens (tertiary/aromatic N) is 1. The molecule has 2 aromatic carbocycles. The summed E-state index contributed by atoms with van der Waals surface area (Å²) in [5.74, 6) is -1.28. The summed E-state index contributed by atoms with van der Waals surface area (Å²) in [6.45, 7) is 6.37. The number of anilines is 3. The lowest BCUT2D eigenvalue weighted by molar-refractivity contribution is -0.137. The van der Waals surface area contributed by atoms with Crippen LogP contribution in [0.15, 0.2) is 42.5 Å². The van der Waals surface area contributed by atoms with Gasteiger partial charge in [0.05, 0.1) is 29.4 Å². The van der Waals surface area contributed by atoms with Crippen molar-refractivity contribution in [3.05, 3.63) is 53.8 Å². The van der Waals surface area contributed by atoms with Gasteiger partial charge < -0.3 is 20.4 Å². The first-order chi connectivity index (χ1) is 13.6. The molecule has 1 heterocycles. The largest absolute Gasteiger partial charge is 0.481 e. The topological polar surface area (TPSA) is 72.8 Å². The fourth-order valence-electron chi connectivity index (χ4n) is 4.07. The van der Waals surface area contributed by atoms with E-state index in [0.29, 0.717) is 0 Å². The zero-order valence-electron chi connectivity index (χ0n) is 17.2. The predicted octanol–water partition coefficient (Wildman–Crippen LogP) is 4.89. The van der Waals surface area contributed by atoms with Gasteiger partial charge in [0.15, 0.2) is 0 Å². The van der Waals surface area contributed by atoms with Gasteiger partial charge in [0, 0.05) is 12.2 Å². The number of benzene rings is 2. The van der Waals surface area contributed by atoms with E-state index in [1.807, 2.05) is 39.0 Å². The standard InChI is InChI=1S/C23H29FN2O3/c1-15(13-22(27)28)16-6-11-20(26-12-4-5-21(26)23(2,3)29)19(14-16)25-18-9-7-17(24)8-10-18/h6-11,14-15,21,25,29H,4-5,12-13H2,1-3H3,(H,27,28)/t15?,21-/m0/s1. The SMILES string of the molecule is CC(CC(=O)O)c1ccc(N2CCC[C@H]2C(C)(C)O)c(Nc2ccc(F)cc2)c1. The number of aliphatic hydroxyl groups is 1. The molecule has 1 saturated heterocycles. The van der Waals surface area contributed by atoms with Gasteiger partial charge in [-0.05, 0) is 74.6 Å². The quantitative estimate of drug-likeness (QED) is 0.617. The zero-order valence-corrected chi connectivity index (χ0v) is 17.2. The normalized spacial score (nSPS) is 18.0. The number of hydrogen-bond acceptors (Lipinski definition) is 4. The number of rotatable bonds is 7. The molecule has 29 heavy (non-hydrogen) atoms. The molecule has 1 fully saturated rings. The van der Waals surface area contributed by atoms with Crippen LogP contribution in [-0.2, 0) is 4.79 Å². The Morgan fingerprint density at radius 2 is 1.97 bits per heavy atom. The van der Waals surface area contributed by atoms with Crippen molar-refractivity contribution in [3.63, 3.8) is 0 Å². The Balaban J connectivity index is 2.00. The number of carboxylic acids is 1. The van der Waals surface area contributed by atoms with E-state index >= 15 is 0 Å². The second-order valence-corrected chi connectivity index (χ2v) is 8.41. The average Bonchev–Trinajstić information content (AvgIpc) is 3.13. The van der Waals surface area contributed by atoms with Crippen LogP contribution in [0.3, 0.4) is 0 Å². The highest BCUT2D eigenvalue weighted by molar-refractivity contribution is 5.77. The Kier molecular flexibility index (Phi) is 6.13.